The average Bonchev–Trinajstić information content (AvgIpc) is 3.05. The van der Waals surface area contributed by atoms with Gasteiger partial charge in [0.05, 0.1) is 25.0 Å². The van der Waals surface area contributed by atoms with E-state index >= 15 is 0 Å². The van der Waals surface area contributed by atoms with Crippen molar-refractivity contribution < 1.29 is 27.9 Å². The smallest absolute Gasteiger partial charge is 0.409 e. The zero-order valence-electron chi connectivity index (χ0n) is 15.1. The van der Waals surface area contributed by atoms with Gasteiger partial charge in [-0.05, 0) is 24.3 Å². The Labute approximate surface area is 160 Å². The molecule has 12 heteroatoms. The molecule has 3 N–H and O–H groups in total. The van der Waals surface area contributed by atoms with E-state index in [1.54, 1.807) is 0 Å². The first-order chi connectivity index (χ1) is 13.2. The molecule has 1 aromatic carbocycles. The Hall–Kier alpha value is -3.28. The van der Waals surface area contributed by atoms with Crippen molar-refractivity contribution >= 4 is 33.4 Å². The van der Waals surface area contributed by atoms with Gasteiger partial charge in [-0.2, -0.15) is 13.5 Å². The quantitative estimate of drug-likeness (QED) is 0.656. The van der Waals surface area contributed by atoms with Crippen LogP contribution in [0, 0.1) is 0 Å². The molecule has 150 valence electrons. The number of nitrogens with one attached hydrogen (secondary N) is 2. The van der Waals surface area contributed by atoms with Crippen LogP contribution < -0.4 is 19.7 Å². The van der Waals surface area contributed by atoms with Crippen molar-refractivity contribution in [2.45, 2.75) is 18.1 Å². The van der Waals surface area contributed by atoms with Gasteiger partial charge in [-0.3, -0.25) is 19.1 Å². The molecule has 0 fully saturated rings. The van der Waals surface area contributed by atoms with E-state index in [0.29, 0.717) is 0 Å². The van der Waals surface area contributed by atoms with Crippen molar-refractivity contribution in [1.29, 1.82) is 0 Å². The molecule has 0 spiro atoms. The highest BCUT2D eigenvalue weighted by Gasteiger charge is 2.36. The zero-order chi connectivity index (χ0) is 20.5. The molecule has 0 saturated heterocycles. The number of aryl methyl sites for hydroxylation is 1. The molecule has 3 rings (SSSR count). The second kappa shape index (κ2) is 7.38. The fraction of sp³-hybridized carbons (Fsp3) is 0.312. The molecule has 0 aliphatic carbocycles. The summed E-state index contributed by atoms with van der Waals surface area (Å²) in [4.78, 5) is 22.1. The third-order valence-electron chi connectivity index (χ3n) is 4.05. The van der Waals surface area contributed by atoms with Crippen LogP contribution in [0.25, 0.3) is 0 Å². The Balaban J connectivity index is 2.04. The van der Waals surface area contributed by atoms with Crippen LogP contribution in [0.3, 0.4) is 0 Å². The number of fused-ring (bicyclic) bond motifs is 1. The summed E-state index contributed by atoms with van der Waals surface area (Å²) in [5, 5.41) is 17.6. The maximum Gasteiger partial charge on any atom is 0.409 e. The van der Waals surface area contributed by atoms with Gasteiger partial charge >= 0.3 is 6.09 Å². The van der Waals surface area contributed by atoms with Crippen molar-refractivity contribution in [2.24, 2.45) is 7.05 Å². The number of carbonyl (C=O) groups excluding carboxylic acids is 1. The van der Waals surface area contributed by atoms with Crippen molar-refractivity contribution in [1.82, 2.24) is 15.1 Å². The Bertz CT molecular complexity index is 1020. The number of aromatic nitrogens is 2. The summed E-state index contributed by atoms with van der Waals surface area (Å²) < 4.78 is 34.6. The number of hydrogen-bond acceptors (Lipinski definition) is 6. The lowest BCUT2D eigenvalue weighted by atomic mass is 10.2. The van der Waals surface area contributed by atoms with Crippen molar-refractivity contribution in [3.63, 3.8) is 0 Å². The number of hydrogen-bond donors (Lipinski definition) is 3. The number of sulfonamides is 1. The Morgan fingerprint density at radius 3 is 2.71 bits per heavy atom. The molecule has 0 radical (unpaired) electrons. The Morgan fingerprint density at radius 1 is 1.36 bits per heavy atom. The number of rotatable bonds is 5. The first-order valence-corrected chi connectivity index (χ1v) is 9.68. The summed E-state index contributed by atoms with van der Waals surface area (Å²) >= 11 is 0. The van der Waals surface area contributed by atoms with E-state index in [-0.39, 0.29) is 41.1 Å². The van der Waals surface area contributed by atoms with Crippen LogP contribution >= 0.6 is 0 Å². The predicted octanol–water partition coefficient (Wildman–Crippen LogP) is 0.602. The highest BCUT2D eigenvalue weighted by molar-refractivity contribution is 7.92. The van der Waals surface area contributed by atoms with Gasteiger partial charge in [0.1, 0.15) is 11.9 Å². The minimum atomic E-state index is -4.01. The average molecular weight is 409 g/mol. The summed E-state index contributed by atoms with van der Waals surface area (Å²) in [6, 6.07) is 5.69. The molecule has 0 bridgehead atoms. The number of nitrogens with zero attached hydrogens (tertiary/aromatic N) is 3. The molecule has 2 amide bonds. The van der Waals surface area contributed by atoms with Crippen LogP contribution in [-0.2, 0) is 21.9 Å². The molecule has 0 unspecified atom stereocenters. The predicted molar refractivity (Wildman–Crippen MR) is 98.9 cm³/mol. The third kappa shape index (κ3) is 3.86. The van der Waals surface area contributed by atoms with Crippen molar-refractivity contribution in [2.75, 3.05) is 22.7 Å². The second-order valence-electron chi connectivity index (χ2n) is 6.12. The molecule has 1 aliphatic rings. The molecule has 2 aromatic rings. The van der Waals surface area contributed by atoms with Crippen LogP contribution in [0.5, 0.6) is 5.75 Å². The summed E-state index contributed by atoms with van der Waals surface area (Å²) in [6.45, 7) is 1.39. The minimum absolute atomic E-state index is 0.0322. The normalized spacial score (nSPS) is 16.1. The summed E-state index contributed by atoms with van der Waals surface area (Å²) in [7, 11) is -2.51. The van der Waals surface area contributed by atoms with Gasteiger partial charge in [0, 0.05) is 19.7 Å². The monoisotopic (exact) mass is 409 g/mol. The van der Waals surface area contributed by atoms with Gasteiger partial charge < -0.3 is 15.2 Å². The Kier molecular flexibility index (Phi) is 5.14. The lowest BCUT2D eigenvalue weighted by Crippen LogP contribution is -2.48. The highest BCUT2D eigenvalue weighted by Crippen LogP contribution is 2.38. The van der Waals surface area contributed by atoms with Crippen LogP contribution in [0.15, 0.2) is 35.5 Å². The van der Waals surface area contributed by atoms with E-state index in [2.05, 4.69) is 15.7 Å². The van der Waals surface area contributed by atoms with Crippen molar-refractivity contribution in [3.05, 3.63) is 30.5 Å². The Morgan fingerprint density at radius 2 is 2.11 bits per heavy atom. The van der Waals surface area contributed by atoms with E-state index in [4.69, 9.17) is 9.84 Å². The van der Waals surface area contributed by atoms with E-state index in [1.165, 1.54) is 49.1 Å². The number of carbonyl (C=O) groups is 2. The zero-order valence-corrected chi connectivity index (χ0v) is 15.9. The summed E-state index contributed by atoms with van der Waals surface area (Å²) in [5.41, 5.74) is 0.381. The SMILES string of the molecule is CC(=O)NC[C@H]1CN(S(=O)(=O)c2ccnn2C)c2cc(NC(=O)O)ccc2O1. The maximum atomic E-state index is 13.2. The molecule has 11 nitrogen and oxygen atoms in total. The van der Waals surface area contributed by atoms with Gasteiger partial charge in [0.15, 0.2) is 5.03 Å². The van der Waals surface area contributed by atoms with E-state index < -0.39 is 22.2 Å². The molecular formula is C16H19N5O6S. The van der Waals surface area contributed by atoms with Gasteiger partial charge in [0.25, 0.3) is 10.0 Å². The minimum Gasteiger partial charge on any atom is -0.484 e. The molecule has 1 aliphatic heterocycles. The van der Waals surface area contributed by atoms with Crippen LogP contribution in [0.1, 0.15) is 6.92 Å². The standard InChI is InChI=1S/C16H19N5O6S/c1-10(22)17-8-12-9-21(28(25,26)15-5-6-18-20(15)2)13-7-11(19-16(23)24)3-4-14(13)27-12/h3-7,12,19H,8-9H2,1-2H3,(H,17,22)(H,23,24)/t12-/m0/s1. The fourth-order valence-electron chi connectivity index (χ4n) is 2.83. The van der Waals surface area contributed by atoms with Crippen LogP contribution in [-0.4, -0.2) is 54.5 Å². The maximum absolute atomic E-state index is 13.2. The van der Waals surface area contributed by atoms with E-state index in [9.17, 15) is 18.0 Å². The first kappa shape index (κ1) is 19.5. The largest absolute Gasteiger partial charge is 0.484 e. The lowest BCUT2D eigenvalue weighted by Gasteiger charge is -2.35. The van der Waals surface area contributed by atoms with E-state index in [0.717, 1.165) is 4.31 Å². The second-order valence-corrected chi connectivity index (χ2v) is 7.93. The molecule has 2 heterocycles. The number of carboxylic acid groups (broad SMARTS) is 1. The molecular weight excluding hydrogens is 390 g/mol. The fourth-order valence-corrected chi connectivity index (χ4v) is 4.44. The summed E-state index contributed by atoms with van der Waals surface area (Å²) in [6.07, 6.45) is -0.537. The topological polar surface area (TPSA) is 143 Å². The van der Waals surface area contributed by atoms with Crippen LogP contribution in [0.4, 0.5) is 16.2 Å². The number of ether oxygens (including phenoxy) is 1. The van der Waals surface area contributed by atoms with Crippen molar-refractivity contribution in [3.8, 4) is 5.75 Å². The number of anilines is 2. The van der Waals surface area contributed by atoms with Crippen LogP contribution in [0.2, 0.25) is 0 Å². The molecule has 1 aromatic heterocycles. The van der Waals surface area contributed by atoms with Gasteiger partial charge in [-0.1, -0.05) is 0 Å². The molecule has 0 saturated carbocycles. The number of amides is 2. The lowest BCUT2D eigenvalue weighted by molar-refractivity contribution is -0.119. The summed E-state index contributed by atoms with van der Waals surface area (Å²) in [5.74, 6) is -0.0141. The third-order valence-corrected chi connectivity index (χ3v) is 5.91. The van der Waals surface area contributed by atoms with Gasteiger partial charge in [-0.25, -0.2) is 4.79 Å². The van der Waals surface area contributed by atoms with Gasteiger partial charge in [0.2, 0.25) is 5.91 Å². The van der Waals surface area contributed by atoms with Gasteiger partial charge in [-0.15, -0.1) is 0 Å². The number of benzene rings is 1. The highest BCUT2D eigenvalue weighted by atomic mass is 32.2. The van der Waals surface area contributed by atoms with E-state index in [1.807, 2.05) is 0 Å². The first-order valence-electron chi connectivity index (χ1n) is 8.24. The molecule has 28 heavy (non-hydrogen) atoms. The molecule has 1 atom stereocenters.